The molecule has 150 valence electrons. The number of nitrogens with one attached hydrogen (secondary N) is 2. The number of esters is 1. The molecule has 6 nitrogen and oxygen atoms in total. The maximum Gasteiger partial charge on any atom is 0.442 e. The first kappa shape index (κ1) is 20.4. The highest BCUT2D eigenvalue weighted by molar-refractivity contribution is 7.13. The zero-order chi connectivity index (χ0) is 20.5. The van der Waals surface area contributed by atoms with Crippen molar-refractivity contribution in [1.82, 2.24) is 10.3 Å². The summed E-state index contributed by atoms with van der Waals surface area (Å²) >= 11 is 6.64. The van der Waals surface area contributed by atoms with E-state index in [-0.39, 0.29) is 16.6 Å². The maximum absolute atomic E-state index is 14.0. The first-order valence-corrected chi connectivity index (χ1v) is 9.39. The van der Waals surface area contributed by atoms with Crippen LogP contribution in [0.2, 0.25) is 5.02 Å². The molecule has 0 bridgehead atoms. The van der Waals surface area contributed by atoms with E-state index >= 15 is 0 Å². The maximum atomic E-state index is 14.0. The number of methoxy groups -OCH3 is 1. The minimum Gasteiger partial charge on any atom is -0.466 e. The van der Waals surface area contributed by atoms with Crippen LogP contribution in [0, 0.1) is 0 Å². The molecule has 3 rings (SSSR count). The third-order valence-corrected chi connectivity index (χ3v) is 5.16. The van der Waals surface area contributed by atoms with Gasteiger partial charge in [0.1, 0.15) is 0 Å². The number of amides is 1. The number of nitrogens with zero attached hydrogens (tertiary/aromatic N) is 1. The van der Waals surface area contributed by atoms with E-state index in [0.29, 0.717) is 10.7 Å². The smallest absolute Gasteiger partial charge is 0.442 e. The van der Waals surface area contributed by atoms with Gasteiger partial charge in [-0.3, -0.25) is 4.79 Å². The van der Waals surface area contributed by atoms with Crippen LogP contribution in [0.3, 0.4) is 0 Å². The fourth-order valence-electron chi connectivity index (χ4n) is 2.46. The van der Waals surface area contributed by atoms with Gasteiger partial charge < -0.3 is 15.4 Å². The Morgan fingerprint density at radius 1 is 1.25 bits per heavy atom. The van der Waals surface area contributed by atoms with E-state index in [0.717, 1.165) is 31.3 Å². The van der Waals surface area contributed by atoms with Crippen molar-refractivity contribution in [2.24, 2.45) is 0 Å². The Balaban J connectivity index is 1.95. The molecule has 11 heteroatoms. The Labute approximate surface area is 167 Å². The lowest BCUT2D eigenvalue weighted by molar-refractivity contribution is -0.203. The molecule has 0 unspecified atom stereocenters. The van der Waals surface area contributed by atoms with Crippen molar-refractivity contribution in [3.8, 4) is 0 Å². The molecule has 0 aliphatic heterocycles. The molecular formula is C17H15ClF3N3O3S. The Morgan fingerprint density at radius 3 is 2.43 bits per heavy atom. The standard InChI is InChI=1S/C17H15ClF3N3O3S/c1-27-14(26)16(17(19,20)21,23-13(25)10-4-6-11(18)7-5-10)24-15-22-12(8-28-15)9-2-3-9/h4-9H,2-3H2,1H3,(H,22,24)(H,23,25)/t16-/m0/s1. The van der Waals surface area contributed by atoms with E-state index in [1.54, 1.807) is 10.7 Å². The molecule has 1 aliphatic rings. The monoisotopic (exact) mass is 433 g/mol. The van der Waals surface area contributed by atoms with Gasteiger partial charge in [0.2, 0.25) is 0 Å². The van der Waals surface area contributed by atoms with Crippen LogP contribution in [-0.2, 0) is 9.53 Å². The van der Waals surface area contributed by atoms with Crippen molar-refractivity contribution < 1.29 is 27.5 Å². The molecule has 0 radical (unpaired) electrons. The van der Waals surface area contributed by atoms with Gasteiger partial charge in [-0.25, -0.2) is 9.78 Å². The average Bonchev–Trinajstić information content (AvgIpc) is 3.39. The van der Waals surface area contributed by atoms with Gasteiger partial charge in [-0.15, -0.1) is 11.3 Å². The van der Waals surface area contributed by atoms with Gasteiger partial charge in [-0.05, 0) is 37.1 Å². The average molecular weight is 434 g/mol. The molecule has 1 fully saturated rings. The highest BCUT2D eigenvalue weighted by Crippen LogP contribution is 2.42. The van der Waals surface area contributed by atoms with Gasteiger partial charge in [0, 0.05) is 21.9 Å². The molecule has 1 heterocycles. The van der Waals surface area contributed by atoms with E-state index in [9.17, 15) is 22.8 Å². The number of ether oxygens (including phenoxy) is 1. The summed E-state index contributed by atoms with van der Waals surface area (Å²) in [7, 11) is 0.802. The number of thiazole rings is 1. The zero-order valence-electron chi connectivity index (χ0n) is 14.5. The van der Waals surface area contributed by atoms with Crippen LogP contribution in [-0.4, -0.2) is 35.8 Å². The molecule has 0 saturated heterocycles. The normalized spacial score (nSPS) is 16.2. The van der Waals surface area contributed by atoms with Gasteiger partial charge in [0.05, 0.1) is 12.8 Å². The number of alkyl halides is 3. The number of halogens is 4. The molecule has 1 atom stereocenters. The second-order valence-electron chi connectivity index (χ2n) is 6.18. The summed E-state index contributed by atoms with van der Waals surface area (Å²) in [6.07, 6.45) is -3.39. The van der Waals surface area contributed by atoms with Crippen LogP contribution in [0.4, 0.5) is 18.3 Å². The topological polar surface area (TPSA) is 80.3 Å². The summed E-state index contributed by atoms with van der Waals surface area (Å²) in [4.78, 5) is 28.7. The fourth-order valence-corrected chi connectivity index (χ4v) is 3.43. The lowest BCUT2D eigenvalue weighted by Crippen LogP contribution is -2.69. The van der Waals surface area contributed by atoms with E-state index in [1.165, 1.54) is 24.3 Å². The lowest BCUT2D eigenvalue weighted by atomic mass is 10.1. The first-order chi connectivity index (χ1) is 13.2. The van der Waals surface area contributed by atoms with Crippen LogP contribution in [0.5, 0.6) is 0 Å². The highest BCUT2D eigenvalue weighted by atomic mass is 35.5. The third-order valence-electron chi connectivity index (χ3n) is 4.14. The predicted octanol–water partition coefficient (Wildman–Crippen LogP) is 3.95. The molecule has 1 aromatic carbocycles. The second kappa shape index (κ2) is 7.59. The molecule has 2 N–H and O–H groups in total. The van der Waals surface area contributed by atoms with Crippen LogP contribution in [0.1, 0.15) is 34.8 Å². The second-order valence-corrected chi connectivity index (χ2v) is 7.47. The van der Waals surface area contributed by atoms with Gasteiger partial charge >= 0.3 is 17.8 Å². The first-order valence-electron chi connectivity index (χ1n) is 8.13. The Hall–Kier alpha value is -2.33. The van der Waals surface area contributed by atoms with Crippen LogP contribution in [0.25, 0.3) is 0 Å². The largest absolute Gasteiger partial charge is 0.466 e. The number of benzene rings is 1. The molecule has 1 amide bonds. The van der Waals surface area contributed by atoms with E-state index in [1.807, 2.05) is 5.32 Å². The van der Waals surface area contributed by atoms with Crippen molar-refractivity contribution in [2.75, 3.05) is 12.4 Å². The predicted molar refractivity (Wildman–Crippen MR) is 97.4 cm³/mol. The van der Waals surface area contributed by atoms with Crippen molar-refractivity contribution >= 4 is 39.9 Å². The lowest BCUT2D eigenvalue weighted by Gasteiger charge is -2.34. The quantitative estimate of drug-likeness (QED) is 0.532. The Kier molecular flexibility index (Phi) is 5.53. The molecule has 1 aromatic heterocycles. The van der Waals surface area contributed by atoms with E-state index in [2.05, 4.69) is 9.72 Å². The van der Waals surface area contributed by atoms with Gasteiger partial charge in [-0.2, -0.15) is 13.2 Å². The van der Waals surface area contributed by atoms with Crippen LogP contribution >= 0.6 is 22.9 Å². The highest BCUT2D eigenvalue weighted by Gasteiger charge is 2.64. The Morgan fingerprint density at radius 2 is 1.89 bits per heavy atom. The number of anilines is 1. The van der Waals surface area contributed by atoms with Crippen molar-refractivity contribution in [1.29, 1.82) is 0 Å². The summed E-state index contributed by atoms with van der Waals surface area (Å²) in [5.74, 6) is -2.63. The van der Waals surface area contributed by atoms with E-state index < -0.39 is 23.7 Å². The fraction of sp³-hybridized carbons (Fsp3) is 0.353. The SMILES string of the molecule is COC(=O)[C@](NC(=O)c1ccc(Cl)cc1)(Nc1nc(C2CC2)cs1)C(F)(F)F. The minimum absolute atomic E-state index is 0.110. The minimum atomic E-state index is -5.21. The number of aromatic nitrogens is 1. The summed E-state index contributed by atoms with van der Waals surface area (Å²) in [5, 5.41) is 5.56. The summed E-state index contributed by atoms with van der Waals surface area (Å²) in [6.45, 7) is 0. The van der Waals surface area contributed by atoms with Gasteiger partial charge in [0.15, 0.2) is 5.13 Å². The number of hydrogen-bond acceptors (Lipinski definition) is 6. The molecule has 0 spiro atoms. The molecular weight excluding hydrogens is 419 g/mol. The summed E-state index contributed by atoms with van der Waals surface area (Å²) in [6, 6.07) is 5.18. The van der Waals surface area contributed by atoms with Crippen molar-refractivity contribution in [2.45, 2.75) is 30.6 Å². The van der Waals surface area contributed by atoms with Gasteiger partial charge in [-0.1, -0.05) is 11.6 Å². The van der Waals surface area contributed by atoms with Crippen LogP contribution < -0.4 is 10.6 Å². The van der Waals surface area contributed by atoms with Crippen molar-refractivity contribution in [3.05, 3.63) is 45.9 Å². The number of carbonyl (C=O) groups excluding carboxylic acids is 2. The zero-order valence-corrected chi connectivity index (χ0v) is 16.0. The number of rotatable bonds is 6. The number of carbonyl (C=O) groups is 2. The molecule has 28 heavy (non-hydrogen) atoms. The van der Waals surface area contributed by atoms with Gasteiger partial charge in [0.25, 0.3) is 5.91 Å². The summed E-state index contributed by atoms with van der Waals surface area (Å²) < 4.78 is 46.3. The Bertz CT molecular complexity index is 884. The third kappa shape index (κ3) is 4.07. The molecule has 2 aromatic rings. The van der Waals surface area contributed by atoms with Crippen molar-refractivity contribution in [3.63, 3.8) is 0 Å². The number of hydrogen-bond donors (Lipinski definition) is 2. The summed E-state index contributed by atoms with van der Waals surface area (Å²) in [5.41, 5.74) is -2.96. The van der Waals surface area contributed by atoms with Crippen LogP contribution in [0.15, 0.2) is 29.6 Å². The molecule has 1 aliphatic carbocycles. The molecule has 1 saturated carbocycles. The van der Waals surface area contributed by atoms with E-state index in [4.69, 9.17) is 11.6 Å².